The summed E-state index contributed by atoms with van der Waals surface area (Å²) in [7, 11) is 1.80. The Kier molecular flexibility index (Phi) is 12.1. The van der Waals surface area contributed by atoms with Crippen LogP contribution >= 0.6 is 47.1 Å². The van der Waals surface area contributed by atoms with Crippen molar-refractivity contribution in [2.75, 3.05) is 26.4 Å². The van der Waals surface area contributed by atoms with Crippen molar-refractivity contribution in [3.05, 3.63) is 21.4 Å². The molecule has 0 aliphatic carbocycles. The van der Waals surface area contributed by atoms with Crippen LogP contribution in [0.15, 0.2) is 10.1 Å². The highest BCUT2D eigenvalue weighted by Crippen LogP contribution is 2.17. The molecule has 2 aromatic rings. The molecule has 0 unspecified atom stereocenters. The van der Waals surface area contributed by atoms with Gasteiger partial charge in [-0.1, -0.05) is 25.6 Å². The van der Waals surface area contributed by atoms with E-state index in [-0.39, 0.29) is 24.0 Å². The van der Waals surface area contributed by atoms with Crippen LogP contribution in [-0.2, 0) is 19.4 Å². The van der Waals surface area contributed by atoms with E-state index >= 15 is 0 Å². The van der Waals surface area contributed by atoms with Crippen LogP contribution in [0.1, 0.15) is 41.7 Å². The minimum atomic E-state index is 0. The van der Waals surface area contributed by atoms with Crippen LogP contribution in [0.5, 0.6) is 0 Å². The number of aromatic nitrogens is 4. The summed E-state index contributed by atoms with van der Waals surface area (Å²) in [5.74, 6) is 2.47. The maximum Gasteiger partial charge on any atom is 0.190 e. The maximum absolute atomic E-state index is 4.58. The lowest BCUT2D eigenvalue weighted by atomic mass is 10.2. The van der Waals surface area contributed by atoms with Crippen molar-refractivity contribution in [2.45, 2.75) is 58.7 Å². The fraction of sp³-hybridized carbons (Fsp3) is 0.684. The molecule has 2 rings (SSSR count). The molecule has 0 atom stereocenters. The Labute approximate surface area is 200 Å². The van der Waals surface area contributed by atoms with Gasteiger partial charge in [-0.05, 0) is 32.4 Å². The van der Waals surface area contributed by atoms with Crippen molar-refractivity contribution in [2.24, 2.45) is 10.9 Å². The molecule has 29 heavy (non-hydrogen) atoms. The van der Waals surface area contributed by atoms with Gasteiger partial charge in [0, 0.05) is 44.4 Å². The Balaban J connectivity index is 0.00000420. The number of hydrogen-bond acceptors (Lipinski definition) is 6. The van der Waals surface area contributed by atoms with E-state index in [2.05, 4.69) is 69.3 Å². The molecular weight excluding hydrogens is 517 g/mol. The van der Waals surface area contributed by atoms with Crippen molar-refractivity contribution in [1.82, 2.24) is 30.4 Å². The maximum atomic E-state index is 4.58. The van der Waals surface area contributed by atoms with E-state index in [0.717, 1.165) is 61.5 Å². The molecule has 0 aromatic carbocycles. The number of thiazole rings is 1. The quantitative estimate of drug-likeness (QED) is 0.154. The van der Waals surface area contributed by atoms with E-state index in [9.17, 15) is 0 Å². The molecule has 0 saturated carbocycles. The summed E-state index contributed by atoms with van der Waals surface area (Å²) in [6, 6.07) is 0. The van der Waals surface area contributed by atoms with Gasteiger partial charge in [0.1, 0.15) is 5.82 Å². The predicted octanol–water partition coefficient (Wildman–Crippen LogP) is 3.69. The highest BCUT2D eigenvalue weighted by Gasteiger charge is 2.12. The first kappa shape index (κ1) is 26.2. The van der Waals surface area contributed by atoms with Crippen LogP contribution < -0.4 is 10.6 Å². The molecule has 2 N–H and O–H groups in total. The fourth-order valence-electron chi connectivity index (χ4n) is 2.81. The lowest BCUT2D eigenvalue weighted by Gasteiger charge is -2.13. The number of nitrogens with one attached hydrogen (secondary N) is 2. The highest BCUT2D eigenvalue weighted by atomic mass is 127. The Hall–Kier alpha value is -0.880. The lowest BCUT2D eigenvalue weighted by Crippen LogP contribution is -2.38. The van der Waals surface area contributed by atoms with Crippen LogP contribution in [0.25, 0.3) is 0 Å². The van der Waals surface area contributed by atoms with Gasteiger partial charge >= 0.3 is 0 Å². The summed E-state index contributed by atoms with van der Waals surface area (Å²) in [5.41, 5.74) is 1.14. The van der Waals surface area contributed by atoms with Gasteiger partial charge < -0.3 is 15.2 Å². The van der Waals surface area contributed by atoms with Gasteiger partial charge in [-0.15, -0.1) is 45.5 Å². The topological polar surface area (TPSA) is 80.0 Å². The van der Waals surface area contributed by atoms with Gasteiger partial charge in [0.25, 0.3) is 0 Å². The van der Waals surface area contributed by atoms with Gasteiger partial charge in [0.15, 0.2) is 11.1 Å². The number of aryl methyl sites for hydroxylation is 3. The second-order valence-corrected chi connectivity index (χ2v) is 9.20. The lowest BCUT2D eigenvalue weighted by molar-refractivity contribution is 0.477. The zero-order chi connectivity index (χ0) is 20.5. The molecule has 0 saturated heterocycles. The summed E-state index contributed by atoms with van der Waals surface area (Å²) in [5, 5.41) is 17.6. The van der Waals surface area contributed by atoms with E-state index in [1.165, 1.54) is 9.88 Å². The van der Waals surface area contributed by atoms with Gasteiger partial charge in [0.2, 0.25) is 0 Å². The van der Waals surface area contributed by atoms with Crippen molar-refractivity contribution in [3.8, 4) is 0 Å². The fourth-order valence-corrected chi connectivity index (χ4v) is 4.27. The summed E-state index contributed by atoms with van der Waals surface area (Å²) >= 11 is 3.43. The third-order valence-corrected chi connectivity index (χ3v) is 6.12. The van der Waals surface area contributed by atoms with Crippen molar-refractivity contribution in [1.29, 1.82) is 0 Å². The minimum absolute atomic E-state index is 0. The molecule has 164 valence electrons. The summed E-state index contributed by atoms with van der Waals surface area (Å²) in [6.07, 6.45) is 4.85. The molecule has 0 aliphatic rings. The molecule has 0 aliphatic heterocycles. The minimum Gasteiger partial charge on any atom is -0.356 e. The molecule has 2 aromatic heterocycles. The standard InChI is InChI=1S/C19H33N7S2.HI/c1-13(2)12-26-16(24-25-19(26)27-6)8-7-10-21-18(20-5)22-11-9-17-23-14(3)15(4)28-17;/h13H,7-12H2,1-6H3,(H2,20,21,22);1H. The first-order valence-electron chi connectivity index (χ1n) is 9.78. The van der Waals surface area contributed by atoms with Gasteiger partial charge in [0.05, 0.1) is 10.7 Å². The number of hydrogen-bond donors (Lipinski definition) is 2. The van der Waals surface area contributed by atoms with E-state index < -0.39 is 0 Å². The van der Waals surface area contributed by atoms with Crippen LogP contribution in [0.2, 0.25) is 0 Å². The number of halogens is 1. The van der Waals surface area contributed by atoms with Crippen LogP contribution in [0, 0.1) is 19.8 Å². The van der Waals surface area contributed by atoms with Crippen LogP contribution in [-0.4, -0.2) is 52.1 Å². The molecule has 0 amide bonds. The molecule has 0 fully saturated rings. The SMILES string of the molecule is CN=C(NCCCc1nnc(SC)n1CC(C)C)NCCc1nc(C)c(C)s1.I. The zero-order valence-electron chi connectivity index (χ0n) is 18.3. The highest BCUT2D eigenvalue weighted by molar-refractivity contribution is 14.0. The largest absolute Gasteiger partial charge is 0.356 e. The number of aliphatic imine (C=N–C) groups is 1. The Morgan fingerprint density at radius 3 is 2.48 bits per heavy atom. The molecule has 0 spiro atoms. The van der Waals surface area contributed by atoms with Gasteiger partial charge in [-0.3, -0.25) is 4.99 Å². The molecule has 7 nitrogen and oxygen atoms in total. The average molecular weight is 552 g/mol. The number of nitrogens with zero attached hydrogens (tertiary/aromatic N) is 5. The van der Waals surface area contributed by atoms with Crippen molar-refractivity contribution < 1.29 is 0 Å². The smallest absolute Gasteiger partial charge is 0.190 e. The summed E-state index contributed by atoms with van der Waals surface area (Å²) in [4.78, 5) is 10.2. The Bertz CT molecular complexity index is 751. The molecule has 10 heteroatoms. The predicted molar refractivity (Wildman–Crippen MR) is 135 cm³/mol. The zero-order valence-corrected chi connectivity index (χ0v) is 22.2. The molecular formula is C19H34IN7S2. The third-order valence-electron chi connectivity index (χ3n) is 4.32. The van der Waals surface area contributed by atoms with Crippen molar-refractivity contribution in [3.63, 3.8) is 0 Å². The second kappa shape index (κ2) is 13.4. The molecule has 2 heterocycles. The number of rotatable bonds is 10. The molecule has 0 radical (unpaired) electrons. The first-order valence-corrected chi connectivity index (χ1v) is 11.8. The Morgan fingerprint density at radius 2 is 1.90 bits per heavy atom. The monoisotopic (exact) mass is 551 g/mol. The van der Waals surface area contributed by atoms with Crippen molar-refractivity contribution >= 4 is 53.0 Å². The van der Waals surface area contributed by atoms with E-state index in [1.54, 1.807) is 30.1 Å². The summed E-state index contributed by atoms with van der Waals surface area (Å²) < 4.78 is 2.25. The second-order valence-electron chi connectivity index (χ2n) is 7.14. The van der Waals surface area contributed by atoms with E-state index in [1.807, 2.05) is 0 Å². The number of guanidine groups is 1. The first-order chi connectivity index (χ1) is 13.4. The van der Waals surface area contributed by atoms with Gasteiger partial charge in [-0.25, -0.2) is 4.98 Å². The normalized spacial score (nSPS) is 11.6. The van der Waals surface area contributed by atoms with Gasteiger partial charge in [-0.2, -0.15) is 0 Å². The average Bonchev–Trinajstić information content (AvgIpc) is 3.19. The molecule has 0 bridgehead atoms. The Morgan fingerprint density at radius 1 is 1.17 bits per heavy atom. The van der Waals surface area contributed by atoms with Crippen LogP contribution in [0.4, 0.5) is 0 Å². The number of thioether (sulfide) groups is 1. The van der Waals surface area contributed by atoms with Crippen LogP contribution in [0.3, 0.4) is 0 Å². The van der Waals surface area contributed by atoms with E-state index in [0.29, 0.717) is 5.92 Å². The third kappa shape index (κ3) is 8.41. The summed E-state index contributed by atoms with van der Waals surface area (Å²) in [6.45, 7) is 11.3. The van der Waals surface area contributed by atoms with E-state index in [4.69, 9.17) is 0 Å².